The third kappa shape index (κ3) is 3.05. The number of aliphatic hydroxyl groups excluding tert-OH is 1. The van der Waals surface area contributed by atoms with Gasteiger partial charge in [0.25, 0.3) is 0 Å². The van der Waals surface area contributed by atoms with Gasteiger partial charge < -0.3 is 59.4 Å². The van der Waals surface area contributed by atoms with E-state index in [1.54, 1.807) is 0 Å². The van der Waals surface area contributed by atoms with E-state index in [9.17, 15) is 30.0 Å². The van der Waals surface area contributed by atoms with Gasteiger partial charge in [0.2, 0.25) is 0 Å². The molecule has 84 heavy (non-hydrogen) atoms. The van der Waals surface area contributed by atoms with Crippen LogP contribution in [0.2, 0.25) is 0 Å². The van der Waals surface area contributed by atoms with Crippen molar-refractivity contribution in [3.8, 4) is 0 Å². The van der Waals surface area contributed by atoms with E-state index in [0.717, 1.165) is 70.6 Å². The van der Waals surface area contributed by atoms with Gasteiger partial charge in [-0.1, -0.05) is 0 Å². The number of carbonyl (C=O) groups is 2. The van der Waals surface area contributed by atoms with Crippen LogP contribution >= 0.6 is 0 Å². The maximum Gasteiger partial charge on any atom is 0.306 e. The van der Waals surface area contributed by atoms with Gasteiger partial charge in [-0.2, -0.15) is 0 Å². The first kappa shape index (κ1) is 44.9. The number of ether oxygens (including phenoxy) is 5. The van der Waals surface area contributed by atoms with Crippen LogP contribution in [0.25, 0.3) is 0 Å². The van der Waals surface area contributed by atoms with Crippen LogP contribution in [0.15, 0.2) is 0 Å². The molecule has 0 radical (unpaired) electrons. The molecule has 24 aliphatic carbocycles. The van der Waals surface area contributed by atoms with Gasteiger partial charge in [-0.25, -0.2) is 0 Å². The average Bonchev–Trinajstić information content (AvgIpc) is 1.35. The summed E-state index contributed by atoms with van der Waals surface area (Å²) in [4.78, 5) is 26.6. The summed E-state index contributed by atoms with van der Waals surface area (Å²) in [5.74, 6) is -0.794. The molecule has 5 saturated heterocycles. The van der Waals surface area contributed by atoms with Crippen LogP contribution in [-0.2, 0) is 33.3 Å². The van der Waals surface area contributed by atoms with Crippen LogP contribution in [-0.4, -0.2) is 132 Å². The number of carboxylic acid groups (broad SMARTS) is 2. The van der Waals surface area contributed by atoms with Crippen molar-refractivity contribution < 1.29 is 69.0 Å². The van der Waals surface area contributed by atoms with E-state index >= 15 is 15.3 Å². The summed E-state index contributed by atoms with van der Waals surface area (Å²) < 4.78 is 43.3. The van der Waals surface area contributed by atoms with E-state index in [4.69, 9.17) is 23.7 Å². The first-order valence-electron chi connectivity index (χ1n) is 36.0. The molecule has 0 amide bonds. The van der Waals surface area contributed by atoms with E-state index in [1.807, 2.05) is 0 Å². The van der Waals surface area contributed by atoms with Gasteiger partial charge >= 0.3 is 11.9 Å². The number of carboxylic acids is 2. The monoisotopic (exact) mass is 1140 g/mol. The van der Waals surface area contributed by atoms with E-state index in [0.29, 0.717) is 80.0 Å². The molecule has 0 aromatic carbocycles. The largest absolute Gasteiger partial charge is 0.481 e. The Kier molecular flexibility index (Phi) is 5.98. The van der Waals surface area contributed by atoms with E-state index < -0.39 is 114 Å². The predicted molar refractivity (Wildman–Crippen MR) is 280 cm³/mol. The Morgan fingerprint density at radius 1 is 0.345 bits per heavy atom. The van der Waals surface area contributed by atoms with Gasteiger partial charge in [0, 0.05) is 53.3 Å². The fourth-order valence-corrected chi connectivity index (χ4v) is 41.6. The minimum absolute atomic E-state index is 0.000929. The summed E-state index contributed by atoms with van der Waals surface area (Å²) in [6.45, 7) is 0. The molecule has 29 rings (SSSR count). The fourth-order valence-electron chi connectivity index (χ4n) is 41.6. The summed E-state index contributed by atoms with van der Waals surface area (Å²) in [7, 11) is 0. The number of rotatable bonds is 2. The highest BCUT2D eigenvalue weighted by atomic mass is 16.7. The van der Waals surface area contributed by atoms with Gasteiger partial charge in [0.15, 0.2) is 0 Å². The van der Waals surface area contributed by atoms with Crippen molar-refractivity contribution in [1.82, 2.24) is 0 Å². The van der Waals surface area contributed by atoms with E-state index in [1.165, 1.54) is 12.8 Å². The predicted octanol–water partition coefficient (Wildman–Crippen LogP) is 4.67. The molecular formula is C70H80O14. The van der Waals surface area contributed by atoms with Crippen LogP contribution in [0.3, 0.4) is 0 Å². The molecular weight excluding hydrogens is 1060 g/mol. The first-order chi connectivity index (χ1) is 40.5. The summed E-state index contributed by atoms with van der Waals surface area (Å²) in [5.41, 5.74) is -12.8. The van der Waals surface area contributed by atoms with Gasteiger partial charge in [-0.05, 0) is 252 Å². The summed E-state index contributed by atoms with van der Waals surface area (Å²) >= 11 is 0. The molecule has 5 heterocycles. The Hall–Kier alpha value is -1.46. The molecule has 0 bridgehead atoms. The summed E-state index contributed by atoms with van der Waals surface area (Å²) in [5, 5.41) is 97.4. The Morgan fingerprint density at radius 3 is 1.82 bits per heavy atom. The molecule has 7 N–H and O–H groups in total. The molecule has 29 aliphatic rings. The lowest BCUT2D eigenvalue weighted by Gasteiger charge is -2.85. The maximum atomic E-state index is 16.2. The van der Waals surface area contributed by atoms with Crippen molar-refractivity contribution in [2.24, 2.45) is 201 Å². The number of epoxide rings is 5. The molecule has 5 aliphatic heterocycles. The molecule has 24 saturated carbocycles. The number of hydrogen-bond acceptors (Lipinski definition) is 12. The normalized spacial score (nSPS) is 84.6. The van der Waals surface area contributed by atoms with Crippen molar-refractivity contribution >= 4 is 11.9 Å². The van der Waals surface area contributed by atoms with Crippen molar-refractivity contribution in [3.63, 3.8) is 0 Å². The highest BCUT2D eigenvalue weighted by molar-refractivity contribution is 5.72. The van der Waals surface area contributed by atoms with E-state index in [-0.39, 0.29) is 142 Å². The lowest BCUT2D eigenvalue weighted by Crippen LogP contribution is -2.97. The van der Waals surface area contributed by atoms with E-state index in [2.05, 4.69) is 0 Å². The molecule has 29 fully saturated rings. The second-order valence-electron chi connectivity index (χ2n) is 38.7. The maximum absolute atomic E-state index is 16.2. The minimum Gasteiger partial charge on any atom is -0.481 e. The third-order valence-corrected chi connectivity index (χ3v) is 40.1. The van der Waals surface area contributed by atoms with Gasteiger partial charge in [0.05, 0.1) is 35.1 Å². The highest BCUT2D eigenvalue weighted by Crippen LogP contribution is 3.08. The Morgan fingerprint density at radius 2 is 0.976 bits per heavy atom. The lowest BCUT2D eigenvalue weighted by molar-refractivity contribution is -0.397. The third-order valence-electron chi connectivity index (χ3n) is 40.1. The molecule has 14 nitrogen and oxygen atoms in total. The second kappa shape index (κ2) is 11.2. The van der Waals surface area contributed by atoms with Crippen LogP contribution in [0, 0.1) is 201 Å². The average molecular weight is 1150 g/mol. The van der Waals surface area contributed by atoms with Gasteiger partial charge in [-0.15, -0.1) is 0 Å². The van der Waals surface area contributed by atoms with Crippen LogP contribution < -0.4 is 0 Å². The molecule has 10 spiro atoms. The Bertz CT molecular complexity index is 3560. The van der Waals surface area contributed by atoms with Crippen LogP contribution in [0.1, 0.15) is 122 Å². The van der Waals surface area contributed by atoms with Crippen molar-refractivity contribution in [2.45, 2.75) is 207 Å². The summed E-state index contributed by atoms with van der Waals surface area (Å²) in [6.07, 6.45) is 15.8. The smallest absolute Gasteiger partial charge is 0.306 e. The lowest BCUT2D eigenvalue weighted by atomic mass is 9.15. The zero-order chi connectivity index (χ0) is 54.3. The molecule has 444 valence electrons. The van der Waals surface area contributed by atoms with Crippen LogP contribution in [0.4, 0.5) is 0 Å². The fraction of sp³-hybridized carbons (Fsp3) is 0.971. The molecule has 0 aromatic rings. The molecule has 14 heteroatoms. The summed E-state index contributed by atoms with van der Waals surface area (Å²) in [6, 6.07) is 0. The number of hydrogen-bond donors (Lipinski definition) is 7. The second-order valence-corrected chi connectivity index (χ2v) is 38.7. The first-order valence-corrected chi connectivity index (χ1v) is 36.0. The quantitative estimate of drug-likeness (QED) is 0.186. The van der Waals surface area contributed by atoms with Gasteiger partial charge in [-0.3, -0.25) is 9.59 Å². The van der Waals surface area contributed by atoms with Gasteiger partial charge in [0.1, 0.15) is 67.2 Å². The molecule has 49 unspecified atom stereocenters. The Balaban J connectivity index is 0.742. The number of aliphatic hydroxyl groups is 5. The van der Waals surface area contributed by atoms with Crippen molar-refractivity contribution in [1.29, 1.82) is 0 Å². The van der Waals surface area contributed by atoms with Crippen LogP contribution in [0.5, 0.6) is 0 Å². The molecule has 49 atom stereocenters. The SMILES string of the molecule is O=C(O)C1CC2CC3CC4CC5CC6CCC7CC8CC9CC(C(=O)O)CC%10CC%11CC%12CC%13CC%14CCC%15CC%16C(O)C(C1)C2C12OC%161C1%16OC%151C%14(O)C1C%13C%13%14OC%12%13C%12C%11C(C%109O)C8(O)C89OC%128C8C(C5C5C4C(O)(C32)C%16C12OC52C8%14)C6C79. The Labute approximate surface area is 486 Å². The number of aliphatic carboxylic acids is 2. The standard InChI is InChI=1S/C70H80O14/c71-48-36-17-28(54(72)73)9-24-7-27-8-25-6-22-5-20-1-2-21-10-34-18-33-16-29(55(74)75)15-32-11-23-12-35-14-26-13-30-3-4-31-19-37(48)68-64(82-68,42(24)36)49(27)58(77)44(25)46-39(22)41-38(20)43(21)69-60(34,79)50(57(32,33)76)40(23)51-61(35)62(80-61)45(26)52-59(30,78)67(31)70(68,84-67)56(58)66(52)63(46,81-66)53(62)47(41)65(51,69)83-69/h20-53,56,71,76-79H,1-19H2,(H,72,73)(H,74,75). The molecule has 0 aromatic heterocycles. The van der Waals surface area contributed by atoms with Crippen molar-refractivity contribution in [3.05, 3.63) is 0 Å². The minimum atomic E-state index is -1.28. The topological polar surface area (TPSA) is 238 Å². The zero-order valence-electron chi connectivity index (χ0n) is 47.6. The van der Waals surface area contributed by atoms with Crippen molar-refractivity contribution in [2.75, 3.05) is 0 Å². The highest BCUT2D eigenvalue weighted by Gasteiger charge is 3.21. The zero-order valence-corrected chi connectivity index (χ0v) is 47.6.